The summed E-state index contributed by atoms with van der Waals surface area (Å²) in [5.74, 6) is 0.0627. The molecule has 0 aromatic carbocycles. The topological polar surface area (TPSA) is 57.0 Å². The van der Waals surface area contributed by atoms with Crippen LogP contribution in [-0.2, 0) is 11.5 Å². The van der Waals surface area contributed by atoms with Crippen molar-refractivity contribution in [1.82, 2.24) is 14.5 Å². The quantitative estimate of drug-likeness (QED) is 0.444. The van der Waals surface area contributed by atoms with Gasteiger partial charge in [-0.3, -0.25) is 4.79 Å². The average Bonchev–Trinajstić information content (AvgIpc) is 2.81. The Kier molecular flexibility index (Phi) is 5.13. The van der Waals surface area contributed by atoms with E-state index >= 15 is 0 Å². The first-order chi connectivity index (χ1) is 10.3. The molecule has 0 bridgehead atoms. The van der Waals surface area contributed by atoms with Gasteiger partial charge >= 0.3 is 0 Å². The molecule has 6 heteroatoms. The van der Waals surface area contributed by atoms with Gasteiger partial charge in [0.05, 0.1) is 0 Å². The predicted octanol–water partition coefficient (Wildman–Crippen LogP) is 3.58. The Balaban J connectivity index is 2.18. The molecule has 0 aliphatic heterocycles. The van der Waals surface area contributed by atoms with Crippen LogP contribution in [0.5, 0.6) is 0 Å². The molecule has 0 amide bonds. The number of nitrogens with zero attached hydrogens (tertiary/aromatic N) is 3. The largest absolute Gasteiger partial charge is 0.361 e. The highest BCUT2D eigenvalue weighted by Gasteiger charge is 2.19. The number of fused-ring (bicyclic) bond motifs is 1. The average molecular weight is 319 g/mol. The maximum Gasteiger partial charge on any atom is 0.167 e. The lowest BCUT2D eigenvalue weighted by atomic mass is 10.0. The first-order valence-electron chi connectivity index (χ1n) is 7.70. The zero-order valence-corrected chi connectivity index (χ0v) is 15.1. The molecule has 22 heavy (non-hydrogen) atoms. The van der Waals surface area contributed by atoms with Crippen LogP contribution in [0.25, 0.3) is 11.0 Å². The normalized spacial score (nSPS) is 12.3. The highest BCUT2D eigenvalue weighted by molar-refractivity contribution is 6.76. The number of Topliss-reactive ketones (excluding diaryl/α,β-unsaturated/α-hetero) is 1. The van der Waals surface area contributed by atoms with Gasteiger partial charge in [0.25, 0.3) is 0 Å². The number of rotatable bonds is 7. The van der Waals surface area contributed by atoms with Gasteiger partial charge in [-0.25, -0.2) is 9.97 Å². The third-order valence-electron chi connectivity index (χ3n) is 3.55. The monoisotopic (exact) mass is 319 g/mol. The molecule has 0 spiro atoms. The van der Waals surface area contributed by atoms with Crippen molar-refractivity contribution in [2.45, 2.75) is 46.3 Å². The molecule has 2 rings (SSSR count). The smallest absolute Gasteiger partial charge is 0.167 e. The van der Waals surface area contributed by atoms with Gasteiger partial charge in [0, 0.05) is 43.9 Å². The van der Waals surface area contributed by atoms with Crippen LogP contribution in [0.15, 0.2) is 18.7 Å². The van der Waals surface area contributed by atoms with Gasteiger partial charge in [-0.05, 0) is 6.04 Å². The van der Waals surface area contributed by atoms with E-state index in [4.69, 9.17) is 4.74 Å². The maximum atomic E-state index is 12.3. The number of hydrogen-bond acceptors (Lipinski definition) is 4. The van der Waals surface area contributed by atoms with Crippen LogP contribution in [-0.4, -0.2) is 35.0 Å². The fourth-order valence-electron chi connectivity index (χ4n) is 2.18. The molecule has 0 atom stereocenters. The fourth-order valence-corrected chi connectivity index (χ4v) is 2.93. The molecule has 5 nitrogen and oxygen atoms in total. The SMILES string of the molecule is CC(C)C(=O)c1cn(COCC[Si](C)(C)C)c2ncncc12. The summed E-state index contributed by atoms with van der Waals surface area (Å²) in [7, 11) is -1.09. The summed E-state index contributed by atoms with van der Waals surface area (Å²) >= 11 is 0. The molecule has 0 saturated heterocycles. The number of ketones is 1. The Morgan fingerprint density at radius 3 is 2.73 bits per heavy atom. The third-order valence-corrected chi connectivity index (χ3v) is 5.26. The van der Waals surface area contributed by atoms with Crippen molar-refractivity contribution >= 4 is 24.9 Å². The van der Waals surface area contributed by atoms with Crippen molar-refractivity contribution < 1.29 is 9.53 Å². The molecule has 0 unspecified atom stereocenters. The lowest BCUT2D eigenvalue weighted by Crippen LogP contribution is -2.22. The van der Waals surface area contributed by atoms with Crippen molar-refractivity contribution in [2.75, 3.05) is 6.61 Å². The van der Waals surface area contributed by atoms with Crippen molar-refractivity contribution in [3.8, 4) is 0 Å². The number of carbonyl (C=O) groups excluding carboxylic acids is 1. The van der Waals surface area contributed by atoms with E-state index in [2.05, 4.69) is 29.6 Å². The molecule has 2 aromatic heterocycles. The van der Waals surface area contributed by atoms with Crippen molar-refractivity contribution in [1.29, 1.82) is 0 Å². The Labute approximate surface area is 132 Å². The van der Waals surface area contributed by atoms with Crippen LogP contribution in [0.2, 0.25) is 25.7 Å². The van der Waals surface area contributed by atoms with E-state index in [1.165, 1.54) is 6.33 Å². The Hall–Kier alpha value is -1.53. The second kappa shape index (κ2) is 6.70. The fraction of sp³-hybridized carbons (Fsp3) is 0.562. The van der Waals surface area contributed by atoms with Gasteiger partial charge in [-0.1, -0.05) is 33.5 Å². The van der Waals surface area contributed by atoms with Crippen LogP contribution in [0.1, 0.15) is 24.2 Å². The molecule has 0 aliphatic carbocycles. The zero-order chi connectivity index (χ0) is 16.3. The minimum absolute atomic E-state index is 0.0490. The molecule has 0 N–H and O–H groups in total. The summed E-state index contributed by atoms with van der Waals surface area (Å²) in [5.41, 5.74) is 1.44. The Morgan fingerprint density at radius 1 is 1.36 bits per heavy atom. The van der Waals surface area contributed by atoms with Gasteiger partial charge in [0.1, 0.15) is 18.7 Å². The number of aromatic nitrogens is 3. The van der Waals surface area contributed by atoms with E-state index < -0.39 is 8.07 Å². The molecular weight excluding hydrogens is 294 g/mol. The molecule has 0 aliphatic rings. The standard InChI is InChI=1S/C16H25N3O2Si/c1-12(2)15(20)14-9-19(11-21-6-7-22(3,4)5)16-13(14)8-17-10-18-16/h8-10,12H,6-7,11H2,1-5H3. The van der Waals surface area contributed by atoms with Crippen molar-refractivity contribution in [3.05, 3.63) is 24.3 Å². The van der Waals surface area contributed by atoms with Crippen LogP contribution in [0, 0.1) is 5.92 Å². The molecular formula is C16H25N3O2Si. The number of carbonyl (C=O) groups is 1. The zero-order valence-electron chi connectivity index (χ0n) is 14.1. The van der Waals surface area contributed by atoms with Crippen LogP contribution in [0.3, 0.4) is 0 Å². The minimum Gasteiger partial charge on any atom is -0.361 e. The number of ether oxygens (including phenoxy) is 1. The molecule has 0 radical (unpaired) electrons. The summed E-state index contributed by atoms with van der Waals surface area (Å²) in [5, 5.41) is 0.801. The Bertz CT molecular complexity index is 659. The summed E-state index contributed by atoms with van der Waals surface area (Å²) in [4.78, 5) is 20.7. The Morgan fingerprint density at radius 2 is 2.09 bits per heavy atom. The van der Waals surface area contributed by atoms with Crippen LogP contribution < -0.4 is 0 Å². The van der Waals surface area contributed by atoms with E-state index in [1.54, 1.807) is 6.20 Å². The molecule has 2 aromatic rings. The molecule has 0 saturated carbocycles. The summed E-state index contributed by atoms with van der Waals surface area (Å²) in [6.45, 7) is 12.0. The van der Waals surface area contributed by atoms with E-state index in [9.17, 15) is 4.79 Å². The highest BCUT2D eigenvalue weighted by Crippen LogP contribution is 2.21. The second-order valence-electron chi connectivity index (χ2n) is 7.14. The summed E-state index contributed by atoms with van der Waals surface area (Å²) < 4.78 is 7.68. The maximum absolute atomic E-state index is 12.3. The highest BCUT2D eigenvalue weighted by atomic mass is 28.3. The predicted molar refractivity (Wildman–Crippen MR) is 90.8 cm³/mol. The lowest BCUT2D eigenvalue weighted by molar-refractivity contribution is 0.0890. The van der Waals surface area contributed by atoms with E-state index in [1.807, 2.05) is 24.6 Å². The van der Waals surface area contributed by atoms with Gasteiger partial charge in [0.15, 0.2) is 5.78 Å². The number of hydrogen-bond donors (Lipinski definition) is 0. The van der Waals surface area contributed by atoms with Crippen LogP contribution >= 0.6 is 0 Å². The van der Waals surface area contributed by atoms with Gasteiger partial charge in [-0.2, -0.15) is 0 Å². The van der Waals surface area contributed by atoms with Gasteiger partial charge < -0.3 is 9.30 Å². The minimum atomic E-state index is -1.09. The van der Waals surface area contributed by atoms with Crippen LogP contribution in [0.4, 0.5) is 0 Å². The first-order valence-corrected chi connectivity index (χ1v) is 11.4. The first kappa shape index (κ1) is 16.8. The van der Waals surface area contributed by atoms with Gasteiger partial charge in [-0.15, -0.1) is 0 Å². The van der Waals surface area contributed by atoms with Crippen molar-refractivity contribution in [2.24, 2.45) is 5.92 Å². The van der Waals surface area contributed by atoms with E-state index in [-0.39, 0.29) is 11.7 Å². The lowest BCUT2D eigenvalue weighted by Gasteiger charge is -2.15. The molecule has 0 fully saturated rings. The van der Waals surface area contributed by atoms with E-state index in [0.717, 1.165) is 23.7 Å². The summed E-state index contributed by atoms with van der Waals surface area (Å²) in [6, 6.07) is 1.12. The third kappa shape index (κ3) is 4.01. The summed E-state index contributed by atoms with van der Waals surface area (Å²) in [6.07, 6.45) is 5.05. The second-order valence-corrected chi connectivity index (χ2v) is 12.8. The van der Waals surface area contributed by atoms with E-state index in [0.29, 0.717) is 12.3 Å². The van der Waals surface area contributed by atoms with Crippen molar-refractivity contribution in [3.63, 3.8) is 0 Å². The molecule has 2 heterocycles. The van der Waals surface area contributed by atoms with Gasteiger partial charge in [0.2, 0.25) is 0 Å². The molecule has 120 valence electrons.